The molecule has 1 aromatic carbocycles. The fraction of sp³-hybridized carbons (Fsp3) is 0.533. The van der Waals surface area contributed by atoms with E-state index in [2.05, 4.69) is 12.1 Å². The highest BCUT2D eigenvalue weighted by Crippen LogP contribution is 2.26. The molecule has 1 fully saturated rings. The molecule has 0 atom stereocenters. The summed E-state index contributed by atoms with van der Waals surface area (Å²) in [5.74, 6) is 1.16. The lowest BCUT2D eigenvalue weighted by Crippen LogP contribution is -2.40. The minimum absolute atomic E-state index is 0.241. The van der Waals surface area contributed by atoms with Gasteiger partial charge in [0.05, 0.1) is 13.2 Å². The van der Waals surface area contributed by atoms with Gasteiger partial charge in [0.2, 0.25) is 5.91 Å². The molecule has 1 heterocycles. The summed E-state index contributed by atoms with van der Waals surface area (Å²) in [6.07, 6.45) is 1.49. The molecule has 1 amide bonds. The van der Waals surface area contributed by atoms with Crippen LogP contribution in [0.25, 0.3) is 0 Å². The van der Waals surface area contributed by atoms with Gasteiger partial charge in [0, 0.05) is 30.1 Å². The Kier molecular flexibility index (Phi) is 5.73. The van der Waals surface area contributed by atoms with Gasteiger partial charge in [0.1, 0.15) is 0 Å². The zero-order chi connectivity index (χ0) is 14.4. The standard InChI is InChI=1S/C15H22N2O2S/c1-12-4-5-14(13(16)11-12)20-10-2-3-15(18)17-6-8-19-9-7-17/h4-5,11H,2-3,6-10,16H2,1H3. The van der Waals surface area contributed by atoms with E-state index < -0.39 is 0 Å². The molecular weight excluding hydrogens is 272 g/mol. The van der Waals surface area contributed by atoms with Gasteiger partial charge >= 0.3 is 0 Å². The van der Waals surface area contributed by atoms with Crippen LogP contribution in [0.5, 0.6) is 0 Å². The lowest BCUT2D eigenvalue weighted by molar-refractivity contribution is -0.135. The Bertz CT molecular complexity index is 459. The summed E-state index contributed by atoms with van der Waals surface area (Å²) >= 11 is 1.72. The molecule has 2 rings (SSSR count). The lowest BCUT2D eigenvalue weighted by Gasteiger charge is -2.26. The number of morpholine rings is 1. The molecule has 0 aromatic heterocycles. The topological polar surface area (TPSA) is 55.6 Å². The van der Waals surface area contributed by atoms with Crippen molar-refractivity contribution in [3.8, 4) is 0 Å². The van der Waals surface area contributed by atoms with Crippen LogP contribution in [0.1, 0.15) is 18.4 Å². The molecule has 1 aromatic rings. The summed E-state index contributed by atoms with van der Waals surface area (Å²) in [6.45, 7) is 4.83. The fourth-order valence-electron chi connectivity index (χ4n) is 2.18. The SMILES string of the molecule is Cc1ccc(SCCCC(=O)N2CCOCC2)c(N)c1. The van der Waals surface area contributed by atoms with Crippen molar-refractivity contribution in [2.24, 2.45) is 0 Å². The number of carbonyl (C=O) groups excluding carboxylic acids is 1. The zero-order valence-electron chi connectivity index (χ0n) is 11.9. The minimum Gasteiger partial charge on any atom is -0.398 e. The van der Waals surface area contributed by atoms with Crippen LogP contribution in [-0.4, -0.2) is 42.9 Å². The predicted molar refractivity (Wildman–Crippen MR) is 82.9 cm³/mol. The van der Waals surface area contributed by atoms with E-state index in [4.69, 9.17) is 10.5 Å². The van der Waals surface area contributed by atoms with E-state index in [0.29, 0.717) is 19.6 Å². The molecule has 5 heteroatoms. The normalized spacial score (nSPS) is 15.3. The molecule has 0 radical (unpaired) electrons. The Morgan fingerprint density at radius 1 is 1.40 bits per heavy atom. The number of hydrogen-bond acceptors (Lipinski definition) is 4. The van der Waals surface area contributed by atoms with Crippen molar-refractivity contribution in [1.82, 2.24) is 4.90 Å². The second-order valence-electron chi connectivity index (χ2n) is 4.99. The predicted octanol–water partition coefficient (Wildman–Crippen LogP) is 2.31. The molecule has 0 aliphatic carbocycles. The largest absolute Gasteiger partial charge is 0.398 e. The summed E-state index contributed by atoms with van der Waals surface area (Å²) in [5.41, 5.74) is 7.97. The molecule has 1 aliphatic rings. The highest BCUT2D eigenvalue weighted by atomic mass is 32.2. The third-order valence-electron chi connectivity index (χ3n) is 3.32. The van der Waals surface area contributed by atoms with Crippen LogP contribution in [0.2, 0.25) is 0 Å². The monoisotopic (exact) mass is 294 g/mol. The number of anilines is 1. The maximum Gasteiger partial charge on any atom is 0.222 e. The Labute approximate surface area is 124 Å². The quantitative estimate of drug-likeness (QED) is 0.514. The van der Waals surface area contributed by atoms with Crippen molar-refractivity contribution < 1.29 is 9.53 Å². The van der Waals surface area contributed by atoms with E-state index in [1.165, 1.54) is 5.56 Å². The smallest absolute Gasteiger partial charge is 0.222 e. The number of carbonyl (C=O) groups is 1. The summed E-state index contributed by atoms with van der Waals surface area (Å²) in [4.78, 5) is 15.0. The van der Waals surface area contributed by atoms with Gasteiger partial charge < -0.3 is 15.4 Å². The number of benzene rings is 1. The van der Waals surface area contributed by atoms with Crippen molar-refractivity contribution in [3.63, 3.8) is 0 Å². The molecule has 0 spiro atoms. The molecular formula is C15H22N2O2S. The first-order chi connectivity index (χ1) is 9.66. The first-order valence-corrected chi connectivity index (χ1v) is 8.00. The maximum absolute atomic E-state index is 12.0. The first kappa shape index (κ1) is 15.2. The average Bonchev–Trinajstić information content (AvgIpc) is 2.46. The van der Waals surface area contributed by atoms with Crippen LogP contribution in [-0.2, 0) is 9.53 Å². The van der Waals surface area contributed by atoms with E-state index in [0.717, 1.165) is 35.8 Å². The van der Waals surface area contributed by atoms with Gasteiger partial charge in [-0.15, -0.1) is 11.8 Å². The Balaban J connectivity index is 1.69. The number of amides is 1. The van der Waals surface area contributed by atoms with Crippen molar-refractivity contribution in [3.05, 3.63) is 23.8 Å². The number of aryl methyl sites for hydroxylation is 1. The van der Waals surface area contributed by atoms with Crippen LogP contribution in [0.4, 0.5) is 5.69 Å². The molecule has 0 saturated carbocycles. The second kappa shape index (κ2) is 7.55. The highest BCUT2D eigenvalue weighted by molar-refractivity contribution is 7.99. The lowest BCUT2D eigenvalue weighted by atomic mass is 10.2. The van der Waals surface area contributed by atoms with E-state index in [-0.39, 0.29) is 5.91 Å². The van der Waals surface area contributed by atoms with Gasteiger partial charge in [-0.25, -0.2) is 0 Å². The fourth-order valence-corrected chi connectivity index (χ4v) is 3.07. The van der Waals surface area contributed by atoms with Crippen LogP contribution < -0.4 is 5.73 Å². The maximum atomic E-state index is 12.0. The van der Waals surface area contributed by atoms with Crippen molar-refractivity contribution >= 4 is 23.4 Å². The van der Waals surface area contributed by atoms with Gasteiger partial charge in [-0.05, 0) is 36.8 Å². The zero-order valence-corrected chi connectivity index (χ0v) is 12.7. The third-order valence-corrected chi connectivity index (χ3v) is 4.50. The highest BCUT2D eigenvalue weighted by Gasteiger charge is 2.15. The number of rotatable bonds is 5. The number of ether oxygens (including phenoxy) is 1. The summed E-state index contributed by atoms with van der Waals surface area (Å²) in [7, 11) is 0. The molecule has 0 unspecified atom stereocenters. The summed E-state index contributed by atoms with van der Waals surface area (Å²) in [6, 6.07) is 6.11. The van der Waals surface area contributed by atoms with Gasteiger partial charge in [0.15, 0.2) is 0 Å². The van der Waals surface area contributed by atoms with Gasteiger partial charge in [-0.3, -0.25) is 4.79 Å². The average molecular weight is 294 g/mol. The summed E-state index contributed by atoms with van der Waals surface area (Å²) < 4.78 is 5.24. The second-order valence-corrected chi connectivity index (χ2v) is 6.12. The van der Waals surface area contributed by atoms with Crippen molar-refractivity contribution in [1.29, 1.82) is 0 Å². The number of nitrogens with two attached hydrogens (primary N) is 1. The Hall–Kier alpha value is -1.20. The molecule has 0 bridgehead atoms. The molecule has 2 N–H and O–H groups in total. The van der Waals surface area contributed by atoms with Crippen LogP contribution in [0.15, 0.2) is 23.1 Å². The van der Waals surface area contributed by atoms with Crippen LogP contribution in [0, 0.1) is 6.92 Å². The van der Waals surface area contributed by atoms with E-state index in [1.807, 2.05) is 17.9 Å². The molecule has 1 aliphatic heterocycles. The minimum atomic E-state index is 0.241. The van der Waals surface area contributed by atoms with E-state index in [1.54, 1.807) is 11.8 Å². The summed E-state index contributed by atoms with van der Waals surface area (Å²) in [5, 5.41) is 0. The molecule has 20 heavy (non-hydrogen) atoms. The van der Waals surface area contributed by atoms with Crippen LogP contribution in [0.3, 0.4) is 0 Å². The Morgan fingerprint density at radius 2 is 2.15 bits per heavy atom. The number of hydrogen-bond donors (Lipinski definition) is 1. The van der Waals surface area contributed by atoms with Crippen molar-refractivity contribution in [2.75, 3.05) is 37.8 Å². The van der Waals surface area contributed by atoms with Crippen LogP contribution >= 0.6 is 11.8 Å². The molecule has 110 valence electrons. The van der Waals surface area contributed by atoms with Crippen molar-refractivity contribution in [2.45, 2.75) is 24.7 Å². The first-order valence-electron chi connectivity index (χ1n) is 7.01. The van der Waals surface area contributed by atoms with Gasteiger partial charge in [-0.2, -0.15) is 0 Å². The molecule has 4 nitrogen and oxygen atoms in total. The van der Waals surface area contributed by atoms with E-state index >= 15 is 0 Å². The van der Waals surface area contributed by atoms with Gasteiger partial charge in [-0.1, -0.05) is 6.07 Å². The Morgan fingerprint density at radius 3 is 2.85 bits per heavy atom. The number of nitrogens with zero attached hydrogens (tertiary/aromatic N) is 1. The van der Waals surface area contributed by atoms with E-state index in [9.17, 15) is 4.79 Å². The molecule has 1 saturated heterocycles. The third kappa shape index (κ3) is 4.42. The van der Waals surface area contributed by atoms with Gasteiger partial charge in [0.25, 0.3) is 0 Å². The number of thioether (sulfide) groups is 1. The number of nitrogen functional groups attached to an aromatic ring is 1.